The first-order chi connectivity index (χ1) is 9.96. The maximum Gasteiger partial charge on any atom is 0.240 e. The molecule has 1 aliphatic carbocycles. The van der Waals surface area contributed by atoms with Gasteiger partial charge in [0.1, 0.15) is 0 Å². The van der Waals surface area contributed by atoms with E-state index in [1.165, 1.54) is 12.5 Å². The lowest BCUT2D eigenvalue weighted by Gasteiger charge is -2.28. The van der Waals surface area contributed by atoms with E-state index in [-0.39, 0.29) is 17.5 Å². The summed E-state index contributed by atoms with van der Waals surface area (Å²) in [4.78, 5) is 0.242. The van der Waals surface area contributed by atoms with E-state index in [1.807, 2.05) is 0 Å². The second-order valence-corrected chi connectivity index (χ2v) is 7.84. The molecule has 118 valence electrons. The Bertz CT molecular complexity index is 589. The lowest BCUT2D eigenvalue weighted by Crippen LogP contribution is -2.38. The molecule has 1 fully saturated rings. The van der Waals surface area contributed by atoms with Crippen molar-refractivity contribution in [3.8, 4) is 0 Å². The first-order valence-electron chi connectivity index (χ1n) is 7.47. The van der Waals surface area contributed by atoms with E-state index >= 15 is 0 Å². The third-order valence-electron chi connectivity index (χ3n) is 4.23. The van der Waals surface area contributed by atoms with Gasteiger partial charge in [-0.2, -0.15) is 0 Å². The van der Waals surface area contributed by atoms with Crippen molar-refractivity contribution in [2.24, 2.45) is 11.7 Å². The third kappa shape index (κ3) is 4.19. The molecule has 2 unspecified atom stereocenters. The Morgan fingerprint density at radius 3 is 2.81 bits per heavy atom. The highest BCUT2D eigenvalue weighted by molar-refractivity contribution is 7.89. The van der Waals surface area contributed by atoms with Crippen LogP contribution in [-0.4, -0.2) is 14.5 Å². The van der Waals surface area contributed by atoms with E-state index in [0.717, 1.165) is 25.7 Å². The van der Waals surface area contributed by atoms with Crippen molar-refractivity contribution in [3.05, 3.63) is 28.8 Å². The van der Waals surface area contributed by atoms with Crippen LogP contribution in [0.4, 0.5) is 0 Å². The molecule has 0 heterocycles. The van der Waals surface area contributed by atoms with Crippen LogP contribution in [0.15, 0.2) is 23.1 Å². The maximum absolute atomic E-state index is 12.5. The first-order valence-corrected chi connectivity index (χ1v) is 9.33. The molecular weight excluding hydrogens is 308 g/mol. The van der Waals surface area contributed by atoms with Crippen LogP contribution in [0.1, 0.15) is 44.6 Å². The van der Waals surface area contributed by atoms with Crippen molar-refractivity contribution in [2.75, 3.05) is 0 Å². The highest BCUT2D eigenvalue weighted by Gasteiger charge is 2.26. The molecule has 4 nitrogen and oxygen atoms in total. The Morgan fingerprint density at radius 1 is 1.38 bits per heavy atom. The lowest BCUT2D eigenvalue weighted by atomic mass is 9.85. The van der Waals surface area contributed by atoms with Gasteiger partial charge in [0.05, 0.1) is 4.90 Å². The van der Waals surface area contributed by atoms with Gasteiger partial charge in [0.15, 0.2) is 0 Å². The van der Waals surface area contributed by atoms with Crippen LogP contribution < -0.4 is 10.5 Å². The summed E-state index contributed by atoms with van der Waals surface area (Å²) >= 11 is 5.98. The summed E-state index contributed by atoms with van der Waals surface area (Å²) in [5.41, 5.74) is 6.23. The van der Waals surface area contributed by atoms with E-state index in [2.05, 4.69) is 11.6 Å². The summed E-state index contributed by atoms with van der Waals surface area (Å²) in [5.74, 6) is 0.622. The van der Waals surface area contributed by atoms with Gasteiger partial charge in [0.2, 0.25) is 10.0 Å². The summed E-state index contributed by atoms with van der Waals surface area (Å²) in [7, 11) is -3.51. The van der Waals surface area contributed by atoms with Gasteiger partial charge in [0.25, 0.3) is 0 Å². The fourth-order valence-corrected chi connectivity index (χ4v) is 4.46. The zero-order valence-electron chi connectivity index (χ0n) is 12.3. The number of nitrogens with one attached hydrogen (secondary N) is 1. The standard InChI is InChI=1S/C15H23ClN2O2S/c1-2-11-4-3-5-13(8-11)18-21(19,20)14-6-7-15(16)12(9-14)10-17/h6-7,9,11,13,18H,2-5,8,10,17H2,1H3. The number of hydrogen-bond acceptors (Lipinski definition) is 3. The number of benzene rings is 1. The molecule has 0 aliphatic heterocycles. The van der Waals surface area contributed by atoms with Crippen LogP contribution in [0.2, 0.25) is 5.02 Å². The molecule has 0 spiro atoms. The SMILES string of the molecule is CCC1CCCC(NS(=O)(=O)c2ccc(Cl)c(CN)c2)C1. The molecule has 1 aromatic carbocycles. The Kier molecular flexibility index (Phi) is 5.66. The average molecular weight is 331 g/mol. The molecule has 0 bridgehead atoms. The maximum atomic E-state index is 12.5. The van der Waals surface area contributed by atoms with E-state index in [4.69, 9.17) is 17.3 Å². The minimum Gasteiger partial charge on any atom is -0.326 e. The van der Waals surface area contributed by atoms with Crippen molar-refractivity contribution < 1.29 is 8.42 Å². The van der Waals surface area contributed by atoms with Crippen molar-refractivity contribution in [1.29, 1.82) is 0 Å². The smallest absolute Gasteiger partial charge is 0.240 e. The Morgan fingerprint density at radius 2 is 2.14 bits per heavy atom. The predicted molar refractivity (Wildman–Crippen MR) is 85.7 cm³/mol. The van der Waals surface area contributed by atoms with Crippen LogP contribution in [0, 0.1) is 5.92 Å². The molecule has 6 heteroatoms. The molecule has 1 aliphatic rings. The van der Waals surface area contributed by atoms with Gasteiger partial charge in [-0.15, -0.1) is 0 Å². The van der Waals surface area contributed by atoms with E-state index in [0.29, 0.717) is 16.5 Å². The van der Waals surface area contributed by atoms with Gasteiger partial charge in [-0.3, -0.25) is 0 Å². The van der Waals surface area contributed by atoms with E-state index in [9.17, 15) is 8.42 Å². The molecule has 0 radical (unpaired) electrons. The van der Waals surface area contributed by atoms with Crippen LogP contribution in [-0.2, 0) is 16.6 Å². The highest BCUT2D eigenvalue weighted by Crippen LogP contribution is 2.28. The van der Waals surface area contributed by atoms with Gasteiger partial charge < -0.3 is 5.73 Å². The molecule has 2 rings (SSSR count). The van der Waals surface area contributed by atoms with Gasteiger partial charge >= 0.3 is 0 Å². The van der Waals surface area contributed by atoms with Crippen LogP contribution in [0.3, 0.4) is 0 Å². The van der Waals surface area contributed by atoms with Gasteiger partial charge in [-0.1, -0.05) is 37.8 Å². The van der Waals surface area contributed by atoms with Gasteiger partial charge in [-0.05, 0) is 42.5 Å². The summed E-state index contributed by atoms with van der Waals surface area (Å²) in [6, 6.07) is 4.72. The van der Waals surface area contributed by atoms with Crippen LogP contribution >= 0.6 is 11.6 Å². The van der Waals surface area contributed by atoms with Crippen molar-refractivity contribution in [3.63, 3.8) is 0 Å². The highest BCUT2D eigenvalue weighted by atomic mass is 35.5. The molecule has 0 saturated heterocycles. The fourth-order valence-electron chi connectivity index (χ4n) is 2.93. The first kappa shape index (κ1) is 16.7. The molecule has 3 N–H and O–H groups in total. The molecule has 2 atom stereocenters. The average Bonchev–Trinajstić information content (AvgIpc) is 2.47. The van der Waals surface area contributed by atoms with Crippen molar-refractivity contribution in [1.82, 2.24) is 4.72 Å². The number of halogens is 1. The van der Waals surface area contributed by atoms with Crippen molar-refractivity contribution in [2.45, 2.75) is 56.5 Å². The minimum atomic E-state index is -3.51. The minimum absolute atomic E-state index is 0.0331. The zero-order chi connectivity index (χ0) is 15.5. The Labute approximate surface area is 132 Å². The summed E-state index contributed by atoms with van der Waals surface area (Å²) in [5, 5.41) is 0.500. The number of rotatable bonds is 5. The van der Waals surface area contributed by atoms with E-state index in [1.54, 1.807) is 12.1 Å². The summed E-state index contributed by atoms with van der Waals surface area (Å²) in [6.45, 7) is 2.39. The second-order valence-electron chi connectivity index (χ2n) is 5.72. The molecule has 0 aromatic heterocycles. The number of nitrogens with two attached hydrogens (primary N) is 1. The Balaban J connectivity index is 2.14. The normalized spacial score (nSPS) is 23.2. The lowest BCUT2D eigenvalue weighted by molar-refractivity contribution is 0.301. The van der Waals surface area contributed by atoms with Gasteiger partial charge in [-0.25, -0.2) is 13.1 Å². The van der Waals surface area contributed by atoms with Crippen molar-refractivity contribution >= 4 is 21.6 Å². The molecule has 0 amide bonds. The topological polar surface area (TPSA) is 72.2 Å². The monoisotopic (exact) mass is 330 g/mol. The van der Waals surface area contributed by atoms with E-state index < -0.39 is 10.0 Å². The largest absolute Gasteiger partial charge is 0.326 e. The zero-order valence-corrected chi connectivity index (χ0v) is 13.9. The third-order valence-corrected chi connectivity index (χ3v) is 6.12. The molecular formula is C15H23ClN2O2S. The van der Waals surface area contributed by atoms with Crippen LogP contribution in [0.25, 0.3) is 0 Å². The Hall–Kier alpha value is -0.620. The summed E-state index contributed by atoms with van der Waals surface area (Å²) < 4.78 is 27.8. The number of hydrogen-bond donors (Lipinski definition) is 2. The molecule has 1 saturated carbocycles. The second kappa shape index (κ2) is 7.09. The fraction of sp³-hybridized carbons (Fsp3) is 0.600. The van der Waals surface area contributed by atoms with Gasteiger partial charge in [0, 0.05) is 17.6 Å². The van der Waals surface area contributed by atoms with Crippen LogP contribution in [0.5, 0.6) is 0 Å². The molecule has 1 aromatic rings. The quantitative estimate of drug-likeness (QED) is 0.871. The molecule has 21 heavy (non-hydrogen) atoms. The predicted octanol–water partition coefficient (Wildman–Crippen LogP) is 3.05. The summed E-state index contributed by atoms with van der Waals surface area (Å²) in [6.07, 6.45) is 5.23. The number of sulfonamides is 1.